The van der Waals surface area contributed by atoms with E-state index in [-0.39, 0.29) is 5.78 Å². The Kier molecular flexibility index (Phi) is 1.83. The van der Waals surface area contributed by atoms with E-state index in [0.29, 0.717) is 12.1 Å². The largest absolute Gasteiger partial charge is 0.399 e. The first kappa shape index (κ1) is 8.30. The SMILES string of the molecule is Cc1cc(N)cc2c1CCCC2=O. The van der Waals surface area contributed by atoms with Crippen molar-refractivity contribution in [3.63, 3.8) is 0 Å². The molecule has 0 atom stereocenters. The van der Waals surface area contributed by atoms with Crippen molar-refractivity contribution < 1.29 is 4.79 Å². The zero-order valence-electron chi connectivity index (χ0n) is 7.76. The maximum absolute atomic E-state index is 11.5. The fourth-order valence-electron chi connectivity index (χ4n) is 1.99. The Labute approximate surface area is 77.8 Å². The normalized spacial score (nSPS) is 15.6. The van der Waals surface area contributed by atoms with Gasteiger partial charge in [-0.15, -0.1) is 0 Å². The number of Topliss-reactive ketones (excluding diaryl/α,β-unsaturated/α-hetero) is 1. The highest BCUT2D eigenvalue weighted by Crippen LogP contribution is 2.26. The number of hydrogen-bond donors (Lipinski definition) is 1. The van der Waals surface area contributed by atoms with E-state index in [1.54, 1.807) is 0 Å². The van der Waals surface area contributed by atoms with Gasteiger partial charge in [-0.2, -0.15) is 0 Å². The van der Waals surface area contributed by atoms with Crippen molar-refractivity contribution in [3.05, 3.63) is 28.8 Å². The maximum Gasteiger partial charge on any atom is 0.163 e. The number of ketones is 1. The third-order valence-electron chi connectivity index (χ3n) is 2.63. The van der Waals surface area contributed by atoms with Crippen LogP contribution >= 0.6 is 0 Å². The highest BCUT2D eigenvalue weighted by atomic mass is 16.1. The first-order valence-electron chi connectivity index (χ1n) is 4.60. The standard InChI is InChI=1S/C11H13NO/c1-7-5-8(12)6-10-9(7)3-2-4-11(10)13/h5-6H,2-4,12H2,1H3. The molecule has 0 aliphatic heterocycles. The molecule has 2 heteroatoms. The van der Waals surface area contributed by atoms with Crippen LogP contribution in [0, 0.1) is 6.92 Å². The number of carbonyl (C=O) groups excluding carboxylic acids is 1. The van der Waals surface area contributed by atoms with E-state index in [1.807, 2.05) is 19.1 Å². The first-order valence-corrected chi connectivity index (χ1v) is 4.60. The third kappa shape index (κ3) is 1.32. The molecule has 0 fully saturated rings. The van der Waals surface area contributed by atoms with Crippen LogP contribution in [0.2, 0.25) is 0 Å². The van der Waals surface area contributed by atoms with E-state index in [4.69, 9.17) is 5.73 Å². The van der Waals surface area contributed by atoms with Crippen LogP contribution in [0.5, 0.6) is 0 Å². The molecule has 0 aromatic heterocycles. The van der Waals surface area contributed by atoms with Crippen molar-refractivity contribution in [1.82, 2.24) is 0 Å². The molecule has 0 radical (unpaired) electrons. The fraction of sp³-hybridized carbons (Fsp3) is 0.364. The minimum Gasteiger partial charge on any atom is -0.399 e. The summed E-state index contributed by atoms with van der Waals surface area (Å²) in [5.74, 6) is 0.247. The van der Waals surface area contributed by atoms with Crippen LogP contribution in [0.4, 0.5) is 5.69 Å². The van der Waals surface area contributed by atoms with Crippen LogP contribution in [0.25, 0.3) is 0 Å². The van der Waals surface area contributed by atoms with Crippen LogP contribution in [-0.4, -0.2) is 5.78 Å². The molecule has 0 unspecified atom stereocenters. The van der Waals surface area contributed by atoms with Gasteiger partial charge in [0.05, 0.1) is 0 Å². The minimum absolute atomic E-state index is 0.247. The van der Waals surface area contributed by atoms with Crippen LogP contribution in [0.3, 0.4) is 0 Å². The van der Waals surface area contributed by atoms with Gasteiger partial charge in [-0.1, -0.05) is 0 Å². The second kappa shape index (κ2) is 2.87. The fourth-order valence-corrected chi connectivity index (χ4v) is 1.99. The molecule has 2 nitrogen and oxygen atoms in total. The average molecular weight is 175 g/mol. The number of aryl methyl sites for hydroxylation is 1. The zero-order valence-corrected chi connectivity index (χ0v) is 7.76. The Morgan fingerprint density at radius 1 is 1.31 bits per heavy atom. The number of fused-ring (bicyclic) bond motifs is 1. The van der Waals surface area contributed by atoms with Crippen LogP contribution in [-0.2, 0) is 6.42 Å². The molecule has 2 rings (SSSR count). The van der Waals surface area contributed by atoms with E-state index in [9.17, 15) is 4.79 Å². The van der Waals surface area contributed by atoms with Crippen molar-refractivity contribution in [2.75, 3.05) is 5.73 Å². The zero-order chi connectivity index (χ0) is 9.42. The number of hydrogen-bond acceptors (Lipinski definition) is 2. The Bertz CT molecular complexity index is 369. The van der Waals surface area contributed by atoms with Gasteiger partial charge in [0.1, 0.15) is 0 Å². The second-order valence-electron chi connectivity index (χ2n) is 3.64. The van der Waals surface area contributed by atoms with Gasteiger partial charge in [0.25, 0.3) is 0 Å². The summed E-state index contributed by atoms with van der Waals surface area (Å²) in [6.45, 7) is 2.02. The topological polar surface area (TPSA) is 43.1 Å². The van der Waals surface area contributed by atoms with Gasteiger partial charge in [0, 0.05) is 17.7 Å². The van der Waals surface area contributed by atoms with E-state index in [0.717, 1.165) is 24.0 Å². The lowest BCUT2D eigenvalue weighted by Gasteiger charge is -2.17. The Hall–Kier alpha value is -1.31. The molecule has 1 aliphatic carbocycles. The summed E-state index contributed by atoms with van der Waals surface area (Å²) in [7, 11) is 0. The molecular weight excluding hydrogens is 162 g/mol. The second-order valence-corrected chi connectivity index (χ2v) is 3.64. The van der Waals surface area contributed by atoms with E-state index in [2.05, 4.69) is 0 Å². The summed E-state index contributed by atoms with van der Waals surface area (Å²) in [6.07, 6.45) is 2.68. The molecule has 1 aliphatic rings. The van der Waals surface area contributed by atoms with Gasteiger partial charge in [-0.25, -0.2) is 0 Å². The summed E-state index contributed by atoms with van der Waals surface area (Å²) in [6, 6.07) is 3.75. The highest BCUT2D eigenvalue weighted by molar-refractivity contribution is 5.99. The van der Waals surface area contributed by atoms with Gasteiger partial charge in [-0.3, -0.25) is 4.79 Å². The first-order chi connectivity index (χ1) is 6.18. The molecule has 0 spiro atoms. The number of anilines is 1. The Morgan fingerprint density at radius 2 is 2.08 bits per heavy atom. The van der Waals surface area contributed by atoms with Crippen molar-refractivity contribution >= 4 is 11.5 Å². The number of nitrogens with two attached hydrogens (primary N) is 1. The Morgan fingerprint density at radius 3 is 2.85 bits per heavy atom. The van der Waals surface area contributed by atoms with Gasteiger partial charge >= 0.3 is 0 Å². The van der Waals surface area contributed by atoms with Crippen LogP contribution in [0.1, 0.15) is 34.3 Å². The Balaban J connectivity index is 2.63. The highest BCUT2D eigenvalue weighted by Gasteiger charge is 2.18. The number of nitrogen functional groups attached to an aromatic ring is 1. The molecule has 0 amide bonds. The lowest BCUT2D eigenvalue weighted by atomic mass is 9.87. The van der Waals surface area contributed by atoms with Crippen molar-refractivity contribution in [3.8, 4) is 0 Å². The monoisotopic (exact) mass is 175 g/mol. The predicted molar refractivity (Wildman–Crippen MR) is 52.9 cm³/mol. The third-order valence-corrected chi connectivity index (χ3v) is 2.63. The number of rotatable bonds is 0. The van der Waals surface area contributed by atoms with Crippen molar-refractivity contribution in [1.29, 1.82) is 0 Å². The van der Waals surface area contributed by atoms with Crippen LogP contribution in [0.15, 0.2) is 12.1 Å². The van der Waals surface area contributed by atoms with E-state index >= 15 is 0 Å². The van der Waals surface area contributed by atoms with Gasteiger partial charge < -0.3 is 5.73 Å². The van der Waals surface area contributed by atoms with Gasteiger partial charge in [0.15, 0.2) is 5.78 Å². The summed E-state index contributed by atoms with van der Waals surface area (Å²) < 4.78 is 0. The van der Waals surface area contributed by atoms with Crippen molar-refractivity contribution in [2.45, 2.75) is 26.2 Å². The molecule has 0 saturated heterocycles. The number of carbonyl (C=O) groups is 1. The quantitative estimate of drug-likeness (QED) is 0.613. The summed E-state index contributed by atoms with van der Waals surface area (Å²) in [5, 5.41) is 0. The molecule has 0 bridgehead atoms. The lowest BCUT2D eigenvalue weighted by Crippen LogP contribution is -2.12. The summed E-state index contributed by atoms with van der Waals surface area (Å²) in [5.41, 5.74) is 9.60. The predicted octanol–water partition coefficient (Wildman–Crippen LogP) is 2.10. The molecule has 0 heterocycles. The van der Waals surface area contributed by atoms with Gasteiger partial charge in [-0.05, 0) is 43.0 Å². The van der Waals surface area contributed by atoms with E-state index in [1.165, 1.54) is 5.56 Å². The van der Waals surface area contributed by atoms with Gasteiger partial charge in [0.2, 0.25) is 0 Å². The minimum atomic E-state index is 0.247. The maximum atomic E-state index is 11.5. The summed E-state index contributed by atoms with van der Waals surface area (Å²) in [4.78, 5) is 11.5. The van der Waals surface area contributed by atoms with E-state index < -0.39 is 0 Å². The molecule has 1 aromatic carbocycles. The smallest absolute Gasteiger partial charge is 0.163 e. The molecule has 68 valence electrons. The lowest BCUT2D eigenvalue weighted by molar-refractivity contribution is 0.0972. The average Bonchev–Trinajstić information content (AvgIpc) is 2.07. The molecular formula is C11H13NO. The molecule has 1 aromatic rings. The van der Waals surface area contributed by atoms with Crippen molar-refractivity contribution in [2.24, 2.45) is 0 Å². The summed E-state index contributed by atoms with van der Waals surface area (Å²) >= 11 is 0. The number of benzene rings is 1. The molecule has 13 heavy (non-hydrogen) atoms. The molecule has 0 saturated carbocycles. The molecule has 2 N–H and O–H groups in total. The van der Waals surface area contributed by atoms with Crippen LogP contribution < -0.4 is 5.73 Å².